The fraction of sp³-hybridized carbons (Fsp3) is 0.909. The minimum absolute atomic E-state index is 0.154. The number of halogens is 5. The molecule has 0 heterocycles. The van der Waals surface area contributed by atoms with Crippen molar-refractivity contribution in [2.75, 3.05) is 12.8 Å². The van der Waals surface area contributed by atoms with E-state index in [1.807, 2.05) is 0 Å². The quantitative estimate of drug-likeness (QED) is 0.807. The van der Waals surface area contributed by atoms with Gasteiger partial charge in [-0.2, -0.15) is 33.7 Å². The first-order chi connectivity index (χ1) is 8.65. The molecule has 1 aliphatic rings. The molecule has 0 atom stereocenters. The van der Waals surface area contributed by atoms with Gasteiger partial charge in [0.2, 0.25) is 0 Å². The molecule has 112 valence electrons. The summed E-state index contributed by atoms with van der Waals surface area (Å²) in [4.78, 5) is 11.0. The zero-order valence-electron chi connectivity index (χ0n) is 10.4. The third-order valence-electron chi connectivity index (χ3n) is 3.41. The number of carbonyl (C=O) groups is 1. The van der Waals surface area contributed by atoms with Crippen LogP contribution in [0.5, 0.6) is 0 Å². The van der Waals surface area contributed by atoms with Gasteiger partial charge in [-0.15, -0.1) is 0 Å². The molecule has 1 rings (SSSR count). The summed E-state index contributed by atoms with van der Waals surface area (Å²) in [7, 11) is 0. The standard InChI is InChI=1S/C11H16F5NOS/c1-19-9(5-3-2-4-6-9)7-17-8(18)10(12,13)11(14,15)16/h2-7H2,1H3,(H,17,18). The molecule has 19 heavy (non-hydrogen) atoms. The lowest BCUT2D eigenvalue weighted by molar-refractivity contribution is -0.269. The Bertz CT molecular complexity index is 326. The Morgan fingerprint density at radius 1 is 1.16 bits per heavy atom. The Balaban J connectivity index is 2.62. The predicted octanol–water partition coefficient (Wildman–Crippen LogP) is 3.37. The lowest BCUT2D eigenvalue weighted by Crippen LogP contribution is -2.53. The highest BCUT2D eigenvalue weighted by Gasteiger charge is 2.63. The smallest absolute Gasteiger partial charge is 0.349 e. The number of carbonyl (C=O) groups excluding carboxylic acids is 1. The summed E-state index contributed by atoms with van der Waals surface area (Å²) in [5.41, 5.74) is 0. The molecule has 0 bridgehead atoms. The summed E-state index contributed by atoms with van der Waals surface area (Å²) < 4.78 is 61.1. The maximum absolute atomic E-state index is 12.8. The van der Waals surface area contributed by atoms with Crippen LogP contribution in [0, 0.1) is 0 Å². The van der Waals surface area contributed by atoms with Gasteiger partial charge in [-0.1, -0.05) is 19.3 Å². The third-order valence-corrected chi connectivity index (χ3v) is 4.83. The molecule has 0 unspecified atom stereocenters. The highest BCUT2D eigenvalue weighted by atomic mass is 32.2. The van der Waals surface area contributed by atoms with Crippen LogP contribution in [0.1, 0.15) is 32.1 Å². The van der Waals surface area contributed by atoms with Gasteiger partial charge < -0.3 is 5.32 Å². The van der Waals surface area contributed by atoms with Crippen molar-refractivity contribution in [2.45, 2.75) is 48.9 Å². The van der Waals surface area contributed by atoms with E-state index in [1.54, 1.807) is 11.6 Å². The zero-order chi connectivity index (χ0) is 14.7. The Morgan fingerprint density at radius 3 is 2.11 bits per heavy atom. The molecule has 1 aliphatic carbocycles. The average molecular weight is 305 g/mol. The fourth-order valence-corrected chi connectivity index (χ4v) is 3.04. The Hall–Kier alpha value is -0.530. The third kappa shape index (κ3) is 3.73. The number of hydrogen-bond acceptors (Lipinski definition) is 2. The van der Waals surface area contributed by atoms with E-state index in [0.29, 0.717) is 12.8 Å². The van der Waals surface area contributed by atoms with Crippen molar-refractivity contribution in [3.63, 3.8) is 0 Å². The molecule has 0 aromatic heterocycles. The van der Waals surface area contributed by atoms with Gasteiger partial charge in [-0.05, 0) is 19.1 Å². The van der Waals surface area contributed by atoms with Gasteiger partial charge in [0.15, 0.2) is 0 Å². The minimum atomic E-state index is -5.85. The SMILES string of the molecule is CSC1(CNC(=O)C(F)(F)C(F)(F)F)CCCCC1. The molecule has 1 saturated carbocycles. The summed E-state index contributed by atoms with van der Waals surface area (Å²) >= 11 is 1.41. The minimum Gasteiger partial charge on any atom is -0.349 e. The topological polar surface area (TPSA) is 29.1 Å². The molecule has 1 amide bonds. The molecule has 0 radical (unpaired) electrons. The van der Waals surface area contributed by atoms with Gasteiger partial charge in [-0.3, -0.25) is 4.79 Å². The molecule has 1 fully saturated rings. The van der Waals surface area contributed by atoms with Crippen LogP contribution < -0.4 is 5.32 Å². The Morgan fingerprint density at radius 2 is 1.68 bits per heavy atom. The second-order valence-electron chi connectivity index (χ2n) is 4.70. The number of thioether (sulfide) groups is 1. The molecule has 1 N–H and O–H groups in total. The second kappa shape index (κ2) is 5.85. The van der Waals surface area contributed by atoms with Gasteiger partial charge in [0.25, 0.3) is 5.91 Å². The monoisotopic (exact) mass is 305 g/mol. The normalized spacial score (nSPS) is 20.1. The van der Waals surface area contributed by atoms with Crippen LogP contribution in [0.25, 0.3) is 0 Å². The molecule has 0 spiro atoms. The summed E-state index contributed by atoms with van der Waals surface area (Å²) in [6.07, 6.45) is 0.168. The predicted molar refractivity (Wildman–Crippen MR) is 63.3 cm³/mol. The zero-order valence-corrected chi connectivity index (χ0v) is 11.3. The van der Waals surface area contributed by atoms with E-state index in [1.165, 1.54) is 11.8 Å². The molecule has 0 saturated heterocycles. The van der Waals surface area contributed by atoms with Crippen molar-refractivity contribution in [3.8, 4) is 0 Å². The van der Waals surface area contributed by atoms with Crippen LogP contribution in [0.3, 0.4) is 0 Å². The Labute approximate surface area is 112 Å². The van der Waals surface area contributed by atoms with Gasteiger partial charge in [0.1, 0.15) is 0 Å². The highest BCUT2D eigenvalue weighted by molar-refractivity contribution is 8.00. The van der Waals surface area contributed by atoms with Crippen LogP contribution in [0.2, 0.25) is 0 Å². The largest absolute Gasteiger partial charge is 0.463 e. The molecule has 0 aromatic rings. The van der Waals surface area contributed by atoms with E-state index < -0.39 is 22.8 Å². The highest BCUT2D eigenvalue weighted by Crippen LogP contribution is 2.39. The maximum atomic E-state index is 12.8. The van der Waals surface area contributed by atoms with E-state index in [2.05, 4.69) is 0 Å². The van der Waals surface area contributed by atoms with Crippen molar-refractivity contribution >= 4 is 17.7 Å². The van der Waals surface area contributed by atoms with Gasteiger partial charge in [-0.25, -0.2) is 0 Å². The fourth-order valence-electron chi connectivity index (χ4n) is 2.13. The second-order valence-corrected chi connectivity index (χ2v) is 5.98. The Kier molecular flexibility index (Phi) is 5.08. The summed E-state index contributed by atoms with van der Waals surface area (Å²) in [5.74, 6) is -7.60. The first-order valence-corrected chi connectivity index (χ1v) is 7.15. The van der Waals surface area contributed by atoms with Gasteiger partial charge in [0.05, 0.1) is 0 Å². The van der Waals surface area contributed by atoms with Crippen molar-refractivity contribution in [1.29, 1.82) is 0 Å². The molecule has 0 aliphatic heterocycles. The molecule has 0 aromatic carbocycles. The van der Waals surface area contributed by atoms with Crippen LogP contribution in [-0.2, 0) is 4.79 Å². The average Bonchev–Trinajstić information content (AvgIpc) is 2.35. The first kappa shape index (κ1) is 16.5. The molecule has 2 nitrogen and oxygen atoms in total. The van der Waals surface area contributed by atoms with E-state index in [9.17, 15) is 26.7 Å². The number of hydrogen-bond donors (Lipinski definition) is 1. The molecule has 8 heteroatoms. The van der Waals surface area contributed by atoms with Crippen LogP contribution in [0.4, 0.5) is 22.0 Å². The van der Waals surface area contributed by atoms with Gasteiger partial charge in [0, 0.05) is 11.3 Å². The van der Waals surface area contributed by atoms with Crippen LogP contribution in [-0.4, -0.2) is 35.6 Å². The molecular formula is C11H16F5NOS. The van der Waals surface area contributed by atoms with Crippen molar-refractivity contribution in [2.24, 2.45) is 0 Å². The summed E-state index contributed by atoms with van der Waals surface area (Å²) in [6.45, 7) is -0.154. The molecular weight excluding hydrogens is 289 g/mol. The number of rotatable bonds is 4. The number of amides is 1. The lowest BCUT2D eigenvalue weighted by atomic mass is 9.88. The van der Waals surface area contributed by atoms with Gasteiger partial charge >= 0.3 is 12.1 Å². The van der Waals surface area contributed by atoms with Crippen LogP contribution >= 0.6 is 11.8 Å². The van der Waals surface area contributed by atoms with E-state index in [4.69, 9.17) is 0 Å². The van der Waals surface area contributed by atoms with E-state index in [0.717, 1.165) is 19.3 Å². The lowest BCUT2D eigenvalue weighted by Gasteiger charge is -2.36. The summed E-state index contributed by atoms with van der Waals surface area (Å²) in [6, 6.07) is 0. The first-order valence-electron chi connectivity index (χ1n) is 5.93. The van der Waals surface area contributed by atoms with Crippen molar-refractivity contribution < 1.29 is 26.7 Å². The number of alkyl halides is 5. The number of nitrogens with one attached hydrogen (secondary N) is 1. The van der Waals surface area contributed by atoms with Crippen molar-refractivity contribution in [3.05, 3.63) is 0 Å². The van der Waals surface area contributed by atoms with E-state index in [-0.39, 0.29) is 6.54 Å². The van der Waals surface area contributed by atoms with Crippen LogP contribution in [0.15, 0.2) is 0 Å². The maximum Gasteiger partial charge on any atom is 0.463 e. The van der Waals surface area contributed by atoms with E-state index >= 15 is 0 Å². The van der Waals surface area contributed by atoms with Crippen molar-refractivity contribution in [1.82, 2.24) is 5.32 Å². The summed E-state index contributed by atoms with van der Waals surface area (Å²) in [5, 5.41) is 1.76.